The fourth-order valence-electron chi connectivity index (χ4n) is 0.796. The summed E-state index contributed by atoms with van der Waals surface area (Å²) in [6, 6.07) is 1.65. The van der Waals surface area contributed by atoms with Gasteiger partial charge in [-0.25, -0.2) is 0 Å². The van der Waals surface area contributed by atoms with E-state index in [-0.39, 0.29) is 5.91 Å². The fourth-order valence-corrected chi connectivity index (χ4v) is 1.18. The number of hydrogen-bond donors (Lipinski definition) is 1. The van der Waals surface area contributed by atoms with Crippen molar-refractivity contribution in [1.82, 2.24) is 15.5 Å². The molecule has 0 atom stereocenters. The number of carbonyl (C=O) groups excluding carboxylic acids is 1. The number of carbonyl (C=O) groups is 1. The third-order valence-electron chi connectivity index (χ3n) is 1.44. The molecule has 0 aliphatic heterocycles. The topological polar surface area (TPSA) is 54.9 Å². The van der Waals surface area contributed by atoms with Crippen LogP contribution in [0.5, 0.6) is 0 Å². The zero-order valence-electron chi connectivity index (χ0n) is 7.03. The summed E-state index contributed by atoms with van der Waals surface area (Å²) in [5.41, 5.74) is 0.559. The van der Waals surface area contributed by atoms with Gasteiger partial charge in [-0.15, -0.1) is 0 Å². The van der Waals surface area contributed by atoms with Gasteiger partial charge in [0.05, 0.1) is 18.0 Å². The van der Waals surface area contributed by atoms with Gasteiger partial charge in [0, 0.05) is 11.0 Å². The molecule has 0 fully saturated rings. The third kappa shape index (κ3) is 3.67. The Hall–Kier alpha value is -0.720. The van der Waals surface area contributed by atoms with Crippen LogP contribution in [0.15, 0.2) is 18.5 Å². The van der Waals surface area contributed by atoms with E-state index in [0.29, 0.717) is 12.1 Å². The van der Waals surface area contributed by atoms with Crippen LogP contribution >= 0.6 is 22.6 Å². The van der Waals surface area contributed by atoms with Gasteiger partial charge in [-0.1, -0.05) is 22.6 Å². The molecule has 0 saturated carbocycles. The molecule has 1 aromatic rings. The summed E-state index contributed by atoms with van der Waals surface area (Å²) in [6.07, 6.45) is 3.96. The highest BCUT2D eigenvalue weighted by Crippen LogP contribution is 1.93. The van der Waals surface area contributed by atoms with Crippen LogP contribution in [-0.2, 0) is 0 Å². The molecule has 70 valence electrons. The highest BCUT2D eigenvalue weighted by atomic mass is 127. The first-order valence-corrected chi connectivity index (χ1v) is 5.48. The summed E-state index contributed by atoms with van der Waals surface area (Å²) < 4.78 is 1.05. The molecule has 1 N–H and O–H groups in total. The molecule has 0 aromatic carbocycles. The average Bonchev–Trinajstić information content (AvgIpc) is 2.19. The molecule has 1 rings (SSSR count). The predicted molar refractivity (Wildman–Crippen MR) is 57.9 cm³/mol. The summed E-state index contributed by atoms with van der Waals surface area (Å²) in [5.74, 6) is -0.0836. The van der Waals surface area contributed by atoms with Crippen molar-refractivity contribution in [2.75, 3.05) is 11.0 Å². The van der Waals surface area contributed by atoms with Crippen LogP contribution in [0.1, 0.15) is 16.8 Å². The van der Waals surface area contributed by atoms with Crippen LogP contribution in [0, 0.1) is 0 Å². The molecule has 1 heterocycles. The van der Waals surface area contributed by atoms with Crippen molar-refractivity contribution in [2.24, 2.45) is 0 Å². The van der Waals surface area contributed by atoms with E-state index in [9.17, 15) is 4.79 Å². The first kappa shape index (κ1) is 10.4. The molecule has 13 heavy (non-hydrogen) atoms. The smallest absolute Gasteiger partial charge is 0.252 e. The van der Waals surface area contributed by atoms with Gasteiger partial charge in [-0.3, -0.25) is 4.79 Å². The lowest BCUT2D eigenvalue weighted by Gasteiger charge is -2.01. The summed E-state index contributed by atoms with van der Waals surface area (Å²) in [5, 5.41) is 10.0. The predicted octanol–water partition coefficient (Wildman–Crippen LogP) is 1.03. The molecule has 0 aliphatic rings. The van der Waals surface area contributed by atoms with Crippen molar-refractivity contribution < 1.29 is 4.79 Å². The molecule has 0 unspecified atom stereocenters. The number of nitrogens with zero attached hydrogens (tertiary/aromatic N) is 2. The molecule has 5 heteroatoms. The van der Waals surface area contributed by atoms with Crippen molar-refractivity contribution in [2.45, 2.75) is 6.42 Å². The maximum Gasteiger partial charge on any atom is 0.252 e. The number of rotatable bonds is 4. The molecule has 1 aromatic heterocycles. The van der Waals surface area contributed by atoms with E-state index in [1.54, 1.807) is 6.07 Å². The molecular weight excluding hydrogens is 281 g/mol. The maximum absolute atomic E-state index is 11.3. The summed E-state index contributed by atoms with van der Waals surface area (Å²) in [4.78, 5) is 11.3. The van der Waals surface area contributed by atoms with Gasteiger partial charge in [-0.05, 0) is 12.5 Å². The fraction of sp³-hybridized carbons (Fsp3) is 0.375. The van der Waals surface area contributed by atoms with Crippen LogP contribution in [0.25, 0.3) is 0 Å². The van der Waals surface area contributed by atoms with Gasteiger partial charge < -0.3 is 5.32 Å². The molecule has 0 saturated heterocycles. The number of nitrogens with one attached hydrogen (secondary N) is 1. The lowest BCUT2D eigenvalue weighted by Crippen LogP contribution is -2.24. The largest absolute Gasteiger partial charge is 0.352 e. The van der Waals surface area contributed by atoms with E-state index >= 15 is 0 Å². The van der Waals surface area contributed by atoms with Gasteiger partial charge in [-0.2, -0.15) is 10.2 Å². The Labute approximate surface area is 90.3 Å². The third-order valence-corrected chi connectivity index (χ3v) is 2.21. The van der Waals surface area contributed by atoms with Crippen LogP contribution in [0.2, 0.25) is 0 Å². The van der Waals surface area contributed by atoms with Crippen molar-refractivity contribution in [3.8, 4) is 0 Å². The maximum atomic E-state index is 11.3. The van der Waals surface area contributed by atoms with Crippen LogP contribution in [0.4, 0.5) is 0 Å². The van der Waals surface area contributed by atoms with Gasteiger partial charge in [0.25, 0.3) is 5.91 Å². The summed E-state index contributed by atoms with van der Waals surface area (Å²) in [6.45, 7) is 0.712. The zero-order valence-corrected chi connectivity index (χ0v) is 9.19. The van der Waals surface area contributed by atoms with E-state index in [1.165, 1.54) is 12.4 Å². The molecule has 1 amide bonds. The van der Waals surface area contributed by atoms with Gasteiger partial charge >= 0.3 is 0 Å². The van der Waals surface area contributed by atoms with E-state index in [2.05, 4.69) is 38.1 Å². The second kappa shape index (κ2) is 5.85. The first-order valence-electron chi connectivity index (χ1n) is 3.95. The van der Waals surface area contributed by atoms with E-state index in [1.807, 2.05) is 0 Å². The van der Waals surface area contributed by atoms with Crippen molar-refractivity contribution >= 4 is 28.5 Å². The van der Waals surface area contributed by atoms with Gasteiger partial charge in [0.2, 0.25) is 0 Å². The summed E-state index contributed by atoms with van der Waals surface area (Å²) in [7, 11) is 0. The van der Waals surface area contributed by atoms with Crippen LogP contribution in [-0.4, -0.2) is 27.1 Å². The molecular formula is C8H10IN3O. The van der Waals surface area contributed by atoms with Crippen LogP contribution < -0.4 is 5.32 Å². The average molecular weight is 291 g/mol. The first-order chi connectivity index (χ1) is 6.34. The monoisotopic (exact) mass is 291 g/mol. The second-order valence-electron chi connectivity index (χ2n) is 2.43. The SMILES string of the molecule is O=C(NCCCI)c1ccnnc1. The number of hydrogen-bond acceptors (Lipinski definition) is 3. The normalized spacial score (nSPS) is 9.62. The van der Waals surface area contributed by atoms with Crippen molar-refractivity contribution in [1.29, 1.82) is 0 Å². The minimum absolute atomic E-state index is 0.0836. The zero-order chi connectivity index (χ0) is 9.52. The lowest BCUT2D eigenvalue weighted by atomic mass is 10.3. The highest BCUT2D eigenvalue weighted by Gasteiger charge is 2.02. The van der Waals surface area contributed by atoms with E-state index < -0.39 is 0 Å². The lowest BCUT2D eigenvalue weighted by molar-refractivity contribution is 0.0953. The number of halogens is 1. The minimum atomic E-state index is -0.0836. The molecule has 0 bridgehead atoms. The Bertz CT molecular complexity index is 265. The van der Waals surface area contributed by atoms with Gasteiger partial charge in [0.1, 0.15) is 0 Å². The second-order valence-corrected chi connectivity index (χ2v) is 3.51. The van der Waals surface area contributed by atoms with Crippen molar-refractivity contribution in [3.63, 3.8) is 0 Å². The standard InChI is InChI=1S/C8H10IN3O/c9-3-1-4-10-8(13)7-2-5-11-12-6-7/h2,5-6H,1,3-4H2,(H,10,13). The van der Waals surface area contributed by atoms with E-state index in [0.717, 1.165) is 10.8 Å². The Balaban J connectivity index is 2.40. The Morgan fingerprint density at radius 3 is 3.00 bits per heavy atom. The van der Waals surface area contributed by atoms with Crippen molar-refractivity contribution in [3.05, 3.63) is 24.0 Å². The van der Waals surface area contributed by atoms with Crippen LogP contribution in [0.3, 0.4) is 0 Å². The Morgan fingerprint density at radius 2 is 2.38 bits per heavy atom. The number of aromatic nitrogens is 2. The highest BCUT2D eigenvalue weighted by molar-refractivity contribution is 14.1. The molecule has 0 spiro atoms. The summed E-state index contributed by atoms with van der Waals surface area (Å²) >= 11 is 2.28. The molecule has 0 aliphatic carbocycles. The number of amides is 1. The minimum Gasteiger partial charge on any atom is -0.352 e. The van der Waals surface area contributed by atoms with E-state index in [4.69, 9.17) is 0 Å². The number of alkyl halides is 1. The molecule has 0 radical (unpaired) electrons. The molecule has 4 nitrogen and oxygen atoms in total. The van der Waals surface area contributed by atoms with Gasteiger partial charge in [0.15, 0.2) is 0 Å². The Morgan fingerprint density at radius 1 is 1.54 bits per heavy atom. The Kier molecular flexibility index (Phi) is 4.66. The quantitative estimate of drug-likeness (QED) is 0.512.